The van der Waals surface area contributed by atoms with E-state index in [9.17, 15) is 43.2 Å². The molecule has 0 amide bonds. The number of phosphoric acid groups is 2. The van der Waals surface area contributed by atoms with Crippen molar-refractivity contribution in [1.29, 1.82) is 0 Å². The molecule has 0 aromatic carbocycles. The fraction of sp³-hybridized carbons (Fsp3) is 0.792. The summed E-state index contributed by atoms with van der Waals surface area (Å²) in [6.45, 7) is 4.71. The first-order chi connectivity index (χ1) is 46.7. The average Bonchev–Trinajstić information content (AvgIpc) is 1.11. The van der Waals surface area contributed by atoms with Gasteiger partial charge in [-0.05, 0) is 64.2 Å². The van der Waals surface area contributed by atoms with Crippen LogP contribution in [0, 0.1) is 0 Å². The Morgan fingerprint density at radius 2 is 0.542 bits per heavy atom. The van der Waals surface area contributed by atoms with E-state index in [0.29, 0.717) is 32.1 Å². The molecule has 0 aliphatic heterocycles. The first-order valence-corrected chi connectivity index (χ1v) is 41.2. The van der Waals surface area contributed by atoms with Gasteiger partial charge >= 0.3 is 39.5 Å². The first kappa shape index (κ1) is 92.5. The lowest BCUT2D eigenvalue weighted by atomic mass is 10.0. The predicted octanol–water partition coefficient (Wildman–Crippen LogP) is 21.7. The molecule has 0 saturated heterocycles. The minimum Gasteiger partial charge on any atom is -0.462 e. The summed E-state index contributed by atoms with van der Waals surface area (Å²) in [5, 5.41) is 10.6. The number of esters is 4. The van der Waals surface area contributed by atoms with Gasteiger partial charge in [-0.25, -0.2) is 9.13 Å². The van der Waals surface area contributed by atoms with Crippen LogP contribution in [0.1, 0.15) is 336 Å². The largest absolute Gasteiger partial charge is 0.472 e. The number of aliphatic hydroxyl groups is 1. The molecule has 558 valence electrons. The molecule has 17 nitrogen and oxygen atoms in total. The van der Waals surface area contributed by atoms with Gasteiger partial charge in [-0.3, -0.25) is 37.3 Å². The molecule has 0 spiro atoms. The number of unbranched alkanes of at least 4 members (excludes halogenated alkanes) is 34. The van der Waals surface area contributed by atoms with E-state index in [-0.39, 0.29) is 25.7 Å². The van der Waals surface area contributed by atoms with Crippen LogP contribution >= 0.6 is 15.6 Å². The standard InChI is InChI=1S/C77H138O17P2/c1-5-9-13-17-21-25-29-32-33-34-35-36-37-40-43-46-50-54-58-62-75(80)88-67-72(93-76(81)63-59-55-51-47-41-28-24-20-16-12-8-4)69-91-95(83,84)89-65-71(78)66-90-96(85,86)92-70-73(94-77(82)64-60-56-52-48-44-39-31-27-23-19-15-11-7-3)68-87-74(79)61-57-53-49-45-42-38-30-26-22-18-14-10-6-2/h9,13,21,25,32-33,35-36,40,43,50,54,71-73,78H,5-8,10-12,14-20,22-24,26-31,34,37-39,41-42,44-49,51-53,55-70H2,1-4H3,(H,83,84)(H,85,86)/b13-9-,25-21-,33-32-,36-35-,43-40-,54-50-. The van der Waals surface area contributed by atoms with Gasteiger partial charge in [-0.2, -0.15) is 0 Å². The van der Waals surface area contributed by atoms with E-state index in [1.807, 2.05) is 18.2 Å². The van der Waals surface area contributed by atoms with Crippen LogP contribution in [0.5, 0.6) is 0 Å². The SMILES string of the molecule is CC/C=C\C/C=C\C/C=C\C/C=C\C/C=C\C/C=C\CCC(=O)OCC(COP(=O)(O)OCC(O)COP(=O)(O)OCC(COC(=O)CCCCCCCCCCCCCCC)OC(=O)CCCCCCCCCCCCCCC)OC(=O)CCCCCCCCCCCCC. The number of hydrogen-bond acceptors (Lipinski definition) is 15. The average molecular weight is 1400 g/mol. The topological polar surface area (TPSA) is 237 Å². The van der Waals surface area contributed by atoms with Crippen LogP contribution in [0.4, 0.5) is 0 Å². The van der Waals surface area contributed by atoms with Gasteiger partial charge in [0.15, 0.2) is 12.2 Å². The fourth-order valence-electron chi connectivity index (χ4n) is 10.4. The third-order valence-electron chi connectivity index (χ3n) is 16.2. The first-order valence-electron chi connectivity index (χ1n) is 38.2. The normalized spacial score (nSPS) is 14.4. The van der Waals surface area contributed by atoms with Crippen molar-refractivity contribution < 1.29 is 80.2 Å². The summed E-state index contributed by atoms with van der Waals surface area (Å²) in [6.07, 6.45) is 69.1. The van der Waals surface area contributed by atoms with Crippen molar-refractivity contribution in [2.24, 2.45) is 0 Å². The minimum atomic E-state index is -4.98. The molecule has 0 aliphatic rings. The van der Waals surface area contributed by atoms with E-state index in [1.165, 1.54) is 148 Å². The Balaban J connectivity index is 5.33. The second-order valence-electron chi connectivity index (χ2n) is 25.6. The summed E-state index contributed by atoms with van der Waals surface area (Å²) in [6, 6.07) is 0. The van der Waals surface area contributed by atoms with Crippen molar-refractivity contribution in [2.45, 2.75) is 354 Å². The molecule has 5 atom stereocenters. The molecule has 0 heterocycles. The molecule has 0 radical (unpaired) electrons. The molecule has 0 rings (SSSR count). The summed E-state index contributed by atoms with van der Waals surface area (Å²) in [5.41, 5.74) is 0. The third-order valence-corrected chi connectivity index (χ3v) is 18.1. The summed E-state index contributed by atoms with van der Waals surface area (Å²) < 4.78 is 68.3. The lowest BCUT2D eigenvalue weighted by molar-refractivity contribution is -0.161. The number of hydrogen-bond donors (Lipinski definition) is 3. The Kier molecular flexibility index (Phi) is 67.4. The smallest absolute Gasteiger partial charge is 0.462 e. The number of carbonyl (C=O) groups is 4. The number of carbonyl (C=O) groups excluding carboxylic acids is 4. The number of aliphatic hydroxyl groups excluding tert-OH is 1. The number of ether oxygens (including phenoxy) is 4. The van der Waals surface area contributed by atoms with Gasteiger partial charge in [0.1, 0.15) is 19.3 Å². The quantitative estimate of drug-likeness (QED) is 0.0169. The molecule has 96 heavy (non-hydrogen) atoms. The van der Waals surface area contributed by atoms with Crippen molar-refractivity contribution in [3.8, 4) is 0 Å². The zero-order valence-corrected chi connectivity index (χ0v) is 62.6. The van der Waals surface area contributed by atoms with Crippen molar-refractivity contribution in [1.82, 2.24) is 0 Å². The van der Waals surface area contributed by atoms with E-state index in [0.717, 1.165) is 103 Å². The van der Waals surface area contributed by atoms with Crippen LogP contribution in [0.2, 0.25) is 0 Å². The number of phosphoric ester groups is 2. The highest BCUT2D eigenvalue weighted by atomic mass is 31.2. The highest BCUT2D eigenvalue weighted by molar-refractivity contribution is 7.47. The van der Waals surface area contributed by atoms with Crippen LogP contribution in [0.25, 0.3) is 0 Å². The lowest BCUT2D eigenvalue weighted by Crippen LogP contribution is -2.30. The van der Waals surface area contributed by atoms with Gasteiger partial charge in [0.05, 0.1) is 26.4 Å². The molecule has 0 saturated carbocycles. The Morgan fingerprint density at radius 1 is 0.302 bits per heavy atom. The van der Waals surface area contributed by atoms with Crippen LogP contribution in [0.3, 0.4) is 0 Å². The van der Waals surface area contributed by atoms with Gasteiger partial charge in [0, 0.05) is 25.7 Å². The van der Waals surface area contributed by atoms with Crippen LogP contribution in [-0.4, -0.2) is 96.7 Å². The van der Waals surface area contributed by atoms with Crippen molar-refractivity contribution in [3.05, 3.63) is 72.9 Å². The molecule has 5 unspecified atom stereocenters. The lowest BCUT2D eigenvalue weighted by Gasteiger charge is -2.21. The maximum atomic E-state index is 13.1. The number of rotatable bonds is 72. The van der Waals surface area contributed by atoms with E-state index in [2.05, 4.69) is 82.4 Å². The molecule has 0 aromatic rings. The minimum absolute atomic E-state index is 0.0401. The molecule has 0 aromatic heterocycles. The molecule has 0 fully saturated rings. The Labute approximate surface area is 583 Å². The molecular formula is C77H138O17P2. The predicted molar refractivity (Wildman–Crippen MR) is 390 cm³/mol. The zero-order chi connectivity index (χ0) is 70.4. The van der Waals surface area contributed by atoms with Crippen LogP contribution in [0.15, 0.2) is 72.9 Å². The third kappa shape index (κ3) is 69.0. The second kappa shape index (κ2) is 70.0. The zero-order valence-electron chi connectivity index (χ0n) is 60.8. The maximum Gasteiger partial charge on any atom is 0.472 e. The van der Waals surface area contributed by atoms with Crippen molar-refractivity contribution in [3.63, 3.8) is 0 Å². The maximum absolute atomic E-state index is 13.1. The van der Waals surface area contributed by atoms with E-state index >= 15 is 0 Å². The van der Waals surface area contributed by atoms with E-state index in [1.54, 1.807) is 0 Å². The summed E-state index contributed by atoms with van der Waals surface area (Å²) in [5.74, 6) is -2.24. The highest BCUT2D eigenvalue weighted by Gasteiger charge is 2.30. The Morgan fingerprint density at radius 3 is 0.833 bits per heavy atom. The van der Waals surface area contributed by atoms with Crippen molar-refractivity contribution in [2.75, 3.05) is 39.6 Å². The monoisotopic (exact) mass is 1400 g/mol. The summed E-state index contributed by atoms with van der Waals surface area (Å²) in [4.78, 5) is 72.7. The van der Waals surface area contributed by atoms with Gasteiger partial charge in [0.2, 0.25) is 0 Å². The Bertz CT molecular complexity index is 2110. The van der Waals surface area contributed by atoms with Gasteiger partial charge in [-0.1, -0.05) is 319 Å². The van der Waals surface area contributed by atoms with E-state index in [4.69, 9.17) is 37.0 Å². The molecule has 19 heteroatoms. The van der Waals surface area contributed by atoms with Gasteiger partial charge in [-0.15, -0.1) is 0 Å². The summed E-state index contributed by atoms with van der Waals surface area (Å²) >= 11 is 0. The van der Waals surface area contributed by atoms with Crippen molar-refractivity contribution >= 4 is 39.5 Å². The number of allylic oxidation sites excluding steroid dienone is 12. The molecule has 0 bridgehead atoms. The molecule has 0 aliphatic carbocycles. The van der Waals surface area contributed by atoms with E-state index < -0.39 is 97.5 Å². The molecule has 3 N–H and O–H groups in total. The van der Waals surface area contributed by atoms with Gasteiger partial charge in [0.25, 0.3) is 0 Å². The fourth-order valence-corrected chi connectivity index (χ4v) is 12.0. The Hall–Kier alpha value is -3.50. The molecular weight excluding hydrogens is 1260 g/mol. The highest BCUT2D eigenvalue weighted by Crippen LogP contribution is 2.45. The van der Waals surface area contributed by atoms with Gasteiger partial charge < -0.3 is 33.8 Å². The second-order valence-corrected chi connectivity index (χ2v) is 28.5. The van der Waals surface area contributed by atoms with Crippen LogP contribution < -0.4 is 0 Å². The van der Waals surface area contributed by atoms with Crippen LogP contribution in [-0.2, 0) is 65.4 Å². The summed E-state index contributed by atoms with van der Waals surface area (Å²) in [7, 11) is -9.94.